The summed E-state index contributed by atoms with van der Waals surface area (Å²) in [6.07, 6.45) is 4.60. The van der Waals surface area contributed by atoms with Crippen molar-refractivity contribution in [2.24, 2.45) is 5.41 Å². The molecule has 0 aromatic heterocycles. The molecule has 1 aromatic carbocycles. The van der Waals surface area contributed by atoms with Crippen LogP contribution in [0.4, 0.5) is 4.39 Å². The number of halogens is 2. The van der Waals surface area contributed by atoms with Crippen molar-refractivity contribution >= 4 is 21.8 Å². The molecule has 4 heteroatoms. The van der Waals surface area contributed by atoms with Gasteiger partial charge >= 0.3 is 0 Å². The Bertz CT molecular complexity index is 457. The number of amides is 1. The second-order valence-corrected chi connectivity index (χ2v) is 5.97. The van der Waals surface area contributed by atoms with Gasteiger partial charge in [-0.25, -0.2) is 4.39 Å². The summed E-state index contributed by atoms with van der Waals surface area (Å²) in [6.45, 7) is 2.81. The van der Waals surface area contributed by atoms with Crippen molar-refractivity contribution < 1.29 is 9.18 Å². The number of carbonyl (C=O) groups is 1. The third-order valence-electron chi connectivity index (χ3n) is 3.54. The maximum atomic E-state index is 13.6. The molecule has 1 aliphatic rings. The monoisotopic (exact) mass is 313 g/mol. The van der Waals surface area contributed by atoms with E-state index in [0.29, 0.717) is 11.0 Å². The van der Waals surface area contributed by atoms with E-state index in [1.54, 1.807) is 6.07 Å². The molecule has 2 nitrogen and oxygen atoms in total. The van der Waals surface area contributed by atoms with Crippen molar-refractivity contribution in [2.45, 2.75) is 32.6 Å². The van der Waals surface area contributed by atoms with Crippen molar-refractivity contribution in [2.75, 3.05) is 6.54 Å². The molecular formula is C14H17BrFNO. The molecule has 0 saturated heterocycles. The Kier molecular flexibility index (Phi) is 4.05. The Labute approximate surface area is 115 Å². The highest BCUT2D eigenvalue weighted by Gasteiger charge is 2.41. The van der Waals surface area contributed by atoms with Gasteiger partial charge in [0.2, 0.25) is 0 Å². The fourth-order valence-corrected chi connectivity index (χ4v) is 2.59. The summed E-state index contributed by atoms with van der Waals surface area (Å²) >= 11 is 3.17. The van der Waals surface area contributed by atoms with Crippen LogP contribution in [0.1, 0.15) is 43.0 Å². The number of benzene rings is 1. The second-order valence-electron chi connectivity index (χ2n) is 5.06. The van der Waals surface area contributed by atoms with Crippen molar-refractivity contribution in [3.63, 3.8) is 0 Å². The molecule has 1 aromatic rings. The van der Waals surface area contributed by atoms with Crippen LogP contribution in [0.5, 0.6) is 0 Å². The van der Waals surface area contributed by atoms with E-state index in [0.717, 1.165) is 12.8 Å². The predicted molar refractivity (Wildman–Crippen MR) is 73.0 cm³/mol. The van der Waals surface area contributed by atoms with Crippen LogP contribution in [0.25, 0.3) is 0 Å². The molecule has 1 saturated carbocycles. The Morgan fingerprint density at radius 2 is 2.22 bits per heavy atom. The molecule has 0 bridgehead atoms. The van der Waals surface area contributed by atoms with Crippen LogP contribution in [0.15, 0.2) is 22.7 Å². The molecule has 1 amide bonds. The molecule has 0 unspecified atom stereocenters. The SMILES string of the molecule is CCCC1(CNC(=O)c2ccc(Br)cc2F)CC1. The Hall–Kier alpha value is -0.900. The minimum absolute atomic E-state index is 0.116. The summed E-state index contributed by atoms with van der Waals surface area (Å²) in [4.78, 5) is 11.9. The highest BCUT2D eigenvalue weighted by molar-refractivity contribution is 9.10. The molecule has 1 aliphatic carbocycles. The van der Waals surface area contributed by atoms with Gasteiger partial charge in [-0.1, -0.05) is 29.3 Å². The van der Waals surface area contributed by atoms with E-state index in [2.05, 4.69) is 28.2 Å². The zero-order valence-electron chi connectivity index (χ0n) is 10.4. The Morgan fingerprint density at radius 3 is 2.78 bits per heavy atom. The van der Waals surface area contributed by atoms with E-state index in [1.807, 2.05) is 0 Å². The lowest BCUT2D eigenvalue weighted by molar-refractivity contribution is 0.0939. The van der Waals surface area contributed by atoms with Gasteiger partial charge in [0.25, 0.3) is 5.91 Å². The molecule has 2 rings (SSSR count). The Morgan fingerprint density at radius 1 is 1.50 bits per heavy atom. The van der Waals surface area contributed by atoms with Crippen LogP contribution in [0.3, 0.4) is 0 Å². The van der Waals surface area contributed by atoms with E-state index in [9.17, 15) is 9.18 Å². The summed E-state index contributed by atoms with van der Waals surface area (Å²) in [6, 6.07) is 4.50. The average molecular weight is 314 g/mol. The van der Waals surface area contributed by atoms with Crippen LogP contribution >= 0.6 is 15.9 Å². The lowest BCUT2D eigenvalue weighted by atomic mass is 10.0. The number of rotatable bonds is 5. The van der Waals surface area contributed by atoms with E-state index < -0.39 is 5.82 Å². The Balaban J connectivity index is 1.96. The maximum Gasteiger partial charge on any atom is 0.254 e. The van der Waals surface area contributed by atoms with Crippen LogP contribution in [0.2, 0.25) is 0 Å². The molecule has 98 valence electrons. The summed E-state index contributed by atoms with van der Waals surface area (Å²) < 4.78 is 14.2. The van der Waals surface area contributed by atoms with Crippen LogP contribution in [-0.2, 0) is 0 Å². The molecule has 1 N–H and O–H groups in total. The molecule has 0 radical (unpaired) electrons. The fourth-order valence-electron chi connectivity index (χ4n) is 2.26. The molecule has 0 spiro atoms. The highest BCUT2D eigenvalue weighted by Crippen LogP contribution is 2.48. The largest absolute Gasteiger partial charge is 0.351 e. The molecule has 0 aliphatic heterocycles. The van der Waals surface area contributed by atoms with Gasteiger partial charge in [-0.2, -0.15) is 0 Å². The quantitative estimate of drug-likeness (QED) is 0.877. The summed E-state index contributed by atoms with van der Waals surface area (Å²) in [5.74, 6) is -0.801. The van der Waals surface area contributed by atoms with Crippen LogP contribution in [-0.4, -0.2) is 12.5 Å². The fraction of sp³-hybridized carbons (Fsp3) is 0.500. The minimum Gasteiger partial charge on any atom is -0.351 e. The van der Waals surface area contributed by atoms with Crippen molar-refractivity contribution in [1.82, 2.24) is 5.32 Å². The van der Waals surface area contributed by atoms with E-state index in [1.165, 1.54) is 25.0 Å². The van der Waals surface area contributed by atoms with Gasteiger partial charge in [-0.15, -0.1) is 0 Å². The normalized spacial score (nSPS) is 16.4. The van der Waals surface area contributed by atoms with E-state index in [-0.39, 0.29) is 16.9 Å². The minimum atomic E-state index is -0.484. The van der Waals surface area contributed by atoms with E-state index in [4.69, 9.17) is 0 Å². The molecule has 0 atom stereocenters. The first-order chi connectivity index (χ1) is 8.56. The zero-order chi connectivity index (χ0) is 13.2. The van der Waals surface area contributed by atoms with Crippen molar-refractivity contribution in [3.8, 4) is 0 Å². The molecule has 18 heavy (non-hydrogen) atoms. The van der Waals surface area contributed by atoms with Gasteiger partial charge in [0.05, 0.1) is 5.56 Å². The van der Waals surface area contributed by atoms with Crippen LogP contribution < -0.4 is 5.32 Å². The third-order valence-corrected chi connectivity index (χ3v) is 4.03. The number of nitrogens with one attached hydrogen (secondary N) is 1. The maximum absolute atomic E-state index is 13.6. The van der Waals surface area contributed by atoms with Gasteiger partial charge in [0, 0.05) is 11.0 Å². The summed E-state index contributed by atoms with van der Waals surface area (Å²) in [5, 5.41) is 2.85. The molecule has 0 heterocycles. The van der Waals surface area contributed by atoms with Gasteiger partial charge in [0.15, 0.2) is 0 Å². The highest BCUT2D eigenvalue weighted by atomic mass is 79.9. The van der Waals surface area contributed by atoms with Gasteiger partial charge in [0.1, 0.15) is 5.82 Å². The van der Waals surface area contributed by atoms with Crippen molar-refractivity contribution in [1.29, 1.82) is 0 Å². The standard InChI is InChI=1S/C14H17BrFNO/c1-2-5-14(6-7-14)9-17-13(18)11-4-3-10(15)8-12(11)16/h3-4,8H,2,5-7,9H2,1H3,(H,17,18). The van der Waals surface area contributed by atoms with E-state index >= 15 is 0 Å². The first-order valence-electron chi connectivity index (χ1n) is 6.29. The number of hydrogen-bond donors (Lipinski definition) is 1. The second kappa shape index (κ2) is 5.39. The molecular weight excluding hydrogens is 297 g/mol. The summed E-state index contributed by atoms with van der Waals surface area (Å²) in [7, 11) is 0. The molecule has 1 fully saturated rings. The van der Waals surface area contributed by atoms with Gasteiger partial charge < -0.3 is 5.32 Å². The topological polar surface area (TPSA) is 29.1 Å². The zero-order valence-corrected chi connectivity index (χ0v) is 12.0. The first-order valence-corrected chi connectivity index (χ1v) is 7.09. The number of hydrogen-bond acceptors (Lipinski definition) is 1. The third kappa shape index (κ3) is 3.10. The number of carbonyl (C=O) groups excluding carboxylic acids is 1. The average Bonchev–Trinajstić information content (AvgIpc) is 3.07. The van der Waals surface area contributed by atoms with Gasteiger partial charge in [-0.05, 0) is 42.9 Å². The van der Waals surface area contributed by atoms with Gasteiger partial charge in [-0.3, -0.25) is 4.79 Å². The predicted octanol–water partition coefficient (Wildman–Crippen LogP) is 3.90. The first kappa shape index (κ1) is 13.5. The van der Waals surface area contributed by atoms with Crippen molar-refractivity contribution in [3.05, 3.63) is 34.1 Å². The lowest BCUT2D eigenvalue weighted by Crippen LogP contribution is -2.30. The smallest absolute Gasteiger partial charge is 0.254 e. The van der Waals surface area contributed by atoms with Crippen LogP contribution in [0, 0.1) is 11.2 Å². The lowest BCUT2D eigenvalue weighted by Gasteiger charge is -2.15. The summed E-state index contributed by atoms with van der Waals surface area (Å²) in [5.41, 5.74) is 0.404.